The van der Waals surface area contributed by atoms with E-state index in [-0.39, 0.29) is 12.4 Å². The molecular formula is C17H20ClNO5S. The summed E-state index contributed by atoms with van der Waals surface area (Å²) in [5.74, 6) is -1.25. The van der Waals surface area contributed by atoms with Gasteiger partial charge >= 0.3 is 0 Å². The lowest BCUT2D eigenvalue weighted by atomic mass is 9.83. The first-order valence-corrected chi connectivity index (χ1v) is 10.8. The molecule has 1 aromatic carbocycles. The number of amides is 2. The highest BCUT2D eigenvalue weighted by Gasteiger charge is 2.41. The zero-order chi connectivity index (χ0) is 18.1. The van der Waals surface area contributed by atoms with Crippen LogP contribution in [0.15, 0.2) is 24.3 Å². The number of carbonyl (C=O) groups is 2. The van der Waals surface area contributed by atoms with Crippen molar-refractivity contribution in [2.75, 3.05) is 12.4 Å². The van der Waals surface area contributed by atoms with Crippen LogP contribution in [-0.4, -0.2) is 37.7 Å². The summed E-state index contributed by atoms with van der Waals surface area (Å²) in [6.07, 6.45) is 5.08. The molecule has 2 amide bonds. The van der Waals surface area contributed by atoms with Gasteiger partial charge in [0.15, 0.2) is 0 Å². The van der Waals surface area contributed by atoms with Crippen molar-refractivity contribution in [3.63, 3.8) is 0 Å². The molecule has 0 N–H and O–H groups in total. The first-order valence-electron chi connectivity index (χ1n) is 8.34. The minimum absolute atomic E-state index is 0.0234. The lowest BCUT2D eigenvalue weighted by molar-refractivity contribution is -0.119. The molecule has 0 spiro atoms. The van der Waals surface area contributed by atoms with Crippen LogP contribution in [0.25, 0.3) is 0 Å². The number of fused-ring (bicyclic) bond motifs is 1. The van der Waals surface area contributed by atoms with Gasteiger partial charge in [0.2, 0.25) is 9.05 Å². The summed E-state index contributed by atoms with van der Waals surface area (Å²) in [5, 5.41) is 0.748. The van der Waals surface area contributed by atoms with E-state index >= 15 is 0 Å². The van der Waals surface area contributed by atoms with Crippen molar-refractivity contribution in [1.82, 2.24) is 5.06 Å². The molecule has 0 atom stereocenters. The summed E-state index contributed by atoms with van der Waals surface area (Å²) in [6.45, 7) is -0.0234. The average Bonchev–Trinajstić information content (AvgIpc) is 2.69. The highest BCUT2D eigenvalue weighted by atomic mass is 35.7. The van der Waals surface area contributed by atoms with Crippen LogP contribution < -0.4 is 0 Å². The lowest BCUT2D eigenvalue weighted by Crippen LogP contribution is -2.39. The van der Waals surface area contributed by atoms with Gasteiger partial charge in [-0.25, -0.2) is 8.42 Å². The monoisotopic (exact) mass is 385 g/mol. The van der Waals surface area contributed by atoms with Gasteiger partial charge < -0.3 is 0 Å². The number of halogens is 1. The van der Waals surface area contributed by atoms with Crippen LogP contribution in [0.4, 0.5) is 0 Å². The largest absolute Gasteiger partial charge is 0.285 e. The zero-order valence-corrected chi connectivity index (χ0v) is 15.3. The third-order valence-corrected chi connectivity index (χ3v) is 6.18. The normalized spacial score (nSPS) is 20.4. The van der Waals surface area contributed by atoms with Crippen LogP contribution in [0, 0.1) is 5.41 Å². The molecule has 6 nitrogen and oxygen atoms in total. The van der Waals surface area contributed by atoms with Gasteiger partial charge in [-0.1, -0.05) is 37.8 Å². The first-order chi connectivity index (χ1) is 11.8. The molecule has 2 aliphatic rings. The highest BCUT2D eigenvalue weighted by molar-refractivity contribution is 8.13. The molecule has 3 rings (SSSR count). The Morgan fingerprint density at radius 3 is 2.00 bits per heavy atom. The Morgan fingerprint density at radius 1 is 1.00 bits per heavy atom. The fraction of sp³-hybridized carbons (Fsp3) is 0.529. The maximum absolute atomic E-state index is 12.4. The maximum atomic E-state index is 12.4. The molecule has 0 unspecified atom stereocenters. The number of rotatable bonds is 5. The Bertz CT molecular complexity index is 749. The van der Waals surface area contributed by atoms with E-state index < -0.39 is 26.3 Å². The summed E-state index contributed by atoms with van der Waals surface area (Å²) in [7, 11) is 1.78. The van der Waals surface area contributed by atoms with Crippen molar-refractivity contribution in [1.29, 1.82) is 0 Å². The standard InChI is InChI=1S/C17H20ClNO5S/c18-25(22,23)12-17(9-5-1-2-6-10-17)11-24-19-15(20)13-7-3-4-8-14(13)16(19)21/h3-4,7-8H,1-2,5-6,9-12H2. The van der Waals surface area contributed by atoms with E-state index in [4.69, 9.17) is 15.5 Å². The number of imide groups is 1. The third kappa shape index (κ3) is 4.04. The number of hydroxylamine groups is 2. The molecule has 0 radical (unpaired) electrons. The zero-order valence-electron chi connectivity index (χ0n) is 13.7. The first kappa shape index (κ1) is 18.4. The van der Waals surface area contributed by atoms with Crippen LogP contribution in [0.1, 0.15) is 59.2 Å². The van der Waals surface area contributed by atoms with Crippen molar-refractivity contribution in [2.24, 2.45) is 5.41 Å². The number of hydrogen-bond donors (Lipinski definition) is 0. The van der Waals surface area contributed by atoms with E-state index in [2.05, 4.69) is 0 Å². The molecule has 25 heavy (non-hydrogen) atoms. The number of nitrogens with zero attached hydrogens (tertiary/aromatic N) is 1. The predicted octanol–water partition coefficient (Wildman–Crippen LogP) is 3.12. The number of carbonyl (C=O) groups excluding carboxylic acids is 2. The number of benzene rings is 1. The summed E-state index contributed by atoms with van der Waals surface area (Å²) < 4.78 is 23.4. The maximum Gasteiger partial charge on any atom is 0.285 e. The van der Waals surface area contributed by atoms with Gasteiger partial charge in [0.25, 0.3) is 11.8 Å². The topological polar surface area (TPSA) is 80.8 Å². The van der Waals surface area contributed by atoms with Crippen LogP contribution >= 0.6 is 10.7 Å². The van der Waals surface area contributed by atoms with Gasteiger partial charge in [-0.3, -0.25) is 14.4 Å². The Balaban J connectivity index is 1.78. The van der Waals surface area contributed by atoms with Crippen LogP contribution in [0.3, 0.4) is 0 Å². The second kappa shape index (κ2) is 7.05. The summed E-state index contributed by atoms with van der Waals surface area (Å²) >= 11 is 0. The highest BCUT2D eigenvalue weighted by Crippen LogP contribution is 2.38. The number of hydrogen-bond acceptors (Lipinski definition) is 5. The van der Waals surface area contributed by atoms with Gasteiger partial charge in [0, 0.05) is 16.1 Å². The molecule has 1 aliphatic heterocycles. The molecule has 1 heterocycles. The third-order valence-electron chi connectivity index (χ3n) is 4.90. The van der Waals surface area contributed by atoms with Crippen LogP contribution in [0.5, 0.6) is 0 Å². The summed E-state index contributed by atoms with van der Waals surface area (Å²) in [5.41, 5.74) is -0.0772. The van der Waals surface area contributed by atoms with Gasteiger partial charge in [-0.15, -0.1) is 5.06 Å². The Kier molecular flexibility index (Phi) is 5.18. The Labute approximate surface area is 151 Å². The van der Waals surface area contributed by atoms with Gasteiger partial charge in [-0.05, 0) is 25.0 Å². The molecule has 136 valence electrons. The van der Waals surface area contributed by atoms with Crippen molar-refractivity contribution in [3.8, 4) is 0 Å². The molecule has 0 aromatic heterocycles. The molecule has 0 bridgehead atoms. The van der Waals surface area contributed by atoms with Crippen molar-refractivity contribution >= 4 is 31.5 Å². The van der Waals surface area contributed by atoms with Crippen LogP contribution in [0.2, 0.25) is 0 Å². The van der Waals surface area contributed by atoms with E-state index in [1.807, 2.05) is 0 Å². The average molecular weight is 386 g/mol. The van der Waals surface area contributed by atoms with E-state index in [1.165, 1.54) is 0 Å². The molecule has 0 saturated heterocycles. The van der Waals surface area contributed by atoms with Crippen molar-refractivity contribution < 1.29 is 22.8 Å². The Morgan fingerprint density at radius 2 is 1.52 bits per heavy atom. The van der Waals surface area contributed by atoms with E-state index in [9.17, 15) is 18.0 Å². The second-order valence-electron chi connectivity index (χ2n) is 6.82. The molecule has 1 aliphatic carbocycles. The SMILES string of the molecule is O=C1c2ccccc2C(=O)N1OCC1(CS(=O)(=O)Cl)CCCCCC1. The van der Waals surface area contributed by atoms with Gasteiger partial charge in [0.1, 0.15) is 0 Å². The van der Waals surface area contributed by atoms with Gasteiger partial charge in [-0.2, -0.15) is 0 Å². The molecule has 8 heteroatoms. The van der Waals surface area contributed by atoms with Crippen molar-refractivity contribution in [3.05, 3.63) is 35.4 Å². The second-order valence-corrected chi connectivity index (χ2v) is 9.60. The minimum atomic E-state index is -3.72. The van der Waals surface area contributed by atoms with Crippen molar-refractivity contribution in [2.45, 2.75) is 38.5 Å². The predicted molar refractivity (Wildman–Crippen MR) is 92.7 cm³/mol. The summed E-state index contributed by atoms with van der Waals surface area (Å²) in [4.78, 5) is 30.3. The Hall–Kier alpha value is -1.44. The van der Waals surface area contributed by atoms with E-state index in [1.54, 1.807) is 24.3 Å². The molecule has 1 saturated carbocycles. The lowest BCUT2D eigenvalue weighted by Gasteiger charge is -2.32. The van der Waals surface area contributed by atoms with Gasteiger partial charge in [0.05, 0.1) is 23.5 Å². The van der Waals surface area contributed by atoms with Crippen LogP contribution in [-0.2, 0) is 13.9 Å². The quantitative estimate of drug-likeness (QED) is 0.442. The van der Waals surface area contributed by atoms with E-state index in [0.717, 1.165) is 30.7 Å². The smallest absolute Gasteiger partial charge is 0.266 e. The fourth-order valence-electron chi connectivity index (χ4n) is 3.66. The summed E-state index contributed by atoms with van der Waals surface area (Å²) in [6, 6.07) is 6.51. The fourth-order valence-corrected chi connectivity index (χ4v) is 5.46. The minimum Gasteiger partial charge on any atom is -0.266 e. The molecule has 1 fully saturated rings. The van der Waals surface area contributed by atoms with E-state index in [0.29, 0.717) is 24.0 Å². The molecule has 1 aromatic rings. The molecular weight excluding hydrogens is 366 g/mol.